The van der Waals surface area contributed by atoms with Crippen molar-refractivity contribution in [1.82, 2.24) is 4.90 Å². The van der Waals surface area contributed by atoms with Crippen LogP contribution in [-0.2, 0) is 27.8 Å². The Morgan fingerprint density at radius 3 is 2.37 bits per heavy atom. The molecule has 5 nitrogen and oxygen atoms in total. The van der Waals surface area contributed by atoms with Gasteiger partial charge < -0.3 is 4.90 Å². The van der Waals surface area contributed by atoms with Gasteiger partial charge in [-0.15, -0.1) is 11.3 Å². The highest BCUT2D eigenvalue weighted by atomic mass is 32.2. The lowest BCUT2D eigenvalue weighted by Gasteiger charge is -2.25. The van der Waals surface area contributed by atoms with E-state index in [0.717, 1.165) is 44.1 Å². The SMILES string of the molecule is CN1Cc2cc(-c3ccc(-c4cccc(NS(=O)(=O)c5ccc(F)cc5F)c4)s3)ccc2CC1=O. The Labute approximate surface area is 205 Å². The molecule has 1 aliphatic rings. The van der Waals surface area contributed by atoms with Gasteiger partial charge in [-0.05, 0) is 64.7 Å². The molecule has 2 heterocycles. The molecule has 0 bridgehead atoms. The molecule has 0 aliphatic carbocycles. The van der Waals surface area contributed by atoms with Gasteiger partial charge in [0.15, 0.2) is 0 Å². The number of hydrogen-bond acceptors (Lipinski definition) is 4. The second-order valence-electron chi connectivity index (χ2n) is 8.34. The van der Waals surface area contributed by atoms with Gasteiger partial charge in [-0.25, -0.2) is 17.2 Å². The van der Waals surface area contributed by atoms with E-state index in [4.69, 9.17) is 0 Å². The Bertz CT molecular complexity index is 1560. The first kappa shape index (κ1) is 23.2. The highest BCUT2D eigenvalue weighted by Crippen LogP contribution is 2.37. The number of halogens is 2. The first-order valence-electron chi connectivity index (χ1n) is 10.7. The molecule has 1 aliphatic heterocycles. The Morgan fingerprint density at radius 1 is 0.886 bits per heavy atom. The predicted molar refractivity (Wildman–Crippen MR) is 133 cm³/mol. The molecule has 1 aromatic heterocycles. The zero-order valence-corrected chi connectivity index (χ0v) is 20.2. The lowest BCUT2D eigenvalue weighted by molar-refractivity contribution is -0.130. The van der Waals surface area contributed by atoms with E-state index in [0.29, 0.717) is 19.0 Å². The van der Waals surface area contributed by atoms with Gasteiger partial charge >= 0.3 is 0 Å². The summed E-state index contributed by atoms with van der Waals surface area (Å²) < 4.78 is 54.8. The van der Waals surface area contributed by atoms with Crippen LogP contribution in [0.2, 0.25) is 0 Å². The fourth-order valence-electron chi connectivity index (χ4n) is 4.03. The van der Waals surface area contributed by atoms with Crippen LogP contribution in [0.15, 0.2) is 77.7 Å². The number of rotatable bonds is 5. The number of nitrogens with zero attached hydrogens (tertiary/aromatic N) is 1. The van der Waals surface area contributed by atoms with E-state index >= 15 is 0 Å². The molecule has 0 saturated heterocycles. The van der Waals surface area contributed by atoms with E-state index in [2.05, 4.69) is 10.8 Å². The molecule has 0 spiro atoms. The Hall–Kier alpha value is -3.56. The zero-order valence-electron chi connectivity index (χ0n) is 18.6. The van der Waals surface area contributed by atoms with E-state index in [9.17, 15) is 22.0 Å². The molecule has 0 fully saturated rings. The molecule has 35 heavy (non-hydrogen) atoms. The molecule has 1 N–H and O–H groups in total. The summed E-state index contributed by atoms with van der Waals surface area (Å²) >= 11 is 1.56. The van der Waals surface area contributed by atoms with Crippen molar-refractivity contribution < 1.29 is 22.0 Å². The van der Waals surface area contributed by atoms with Crippen LogP contribution in [-0.4, -0.2) is 26.3 Å². The first-order valence-corrected chi connectivity index (χ1v) is 13.0. The average molecular weight is 511 g/mol. The third-order valence-corrected chi connectivity index (χ3v) is 8.45. The topological polar surface area (TPSA) is 66.5 Å². The standard InChI is InChI=1S/C26H20F2N2O3S2/c1-30-15-19-11-18(6-5-16(19)13-26(30)31)24-9-8-23(34-24)17-3-2-4-21(12-17)29-35(32,33)25-10-7-20(27)14-22(25)28/h2-12,14,29H,13,15H2,1H3. The lowest BCUT2D eigenvalue weighted by atomic mass is 9.97. The van der Waals surface area contributed by atoms with E-state index < -0.39 is 26.6 Å². The number of carbonyl (C=O) groups excluding carboxylic acids is 1. The van der Waals surface area contributed by atoms with Crippen molar-refractivity contribution in [2.75, 3.05) is 11.8 Å². The quantitative estimate of drug-likeness (QED) is 0.376. The summed E-state index contributed by atoms with van der Waals surface area (Å²) in [5.41, 5.74) is 4.29. The number of sulfonamides is 1. The summed E-state index contributed by atoms with van der Waals surface area (Å²) in [6.07, 6.45) is 0.409. The van der Waals surface area contributed by atoms with E-state index in [1.165, 1.54) is 0 Å². The zero-order chi connectivity index (χ0) is 24.7. The minimum atomic E-state index is -4.23. The van der Waals surface area contributed by atoms with E-state index in [1.807, 2.05) is 30.3 Å². The van der Waals surface area contributed by atoms with Crippen LogP contribution in [0, 0.1) is 11.6 Å². The molecule has 3 aromatic carbocycles. The first-order chi connectivity index (χ1) is 16.7. The highest BCUT2D eigenvalue weighted by molar-refractivity contribution is 7.92. The van der Waals surface area contributed by atoms with Gasteiger partial charge in [0.05, 0.1) is 6.42 Å². The number of carbonyl (C=O) groups is 1. The number of likely N-dealkylation sites (N-methyl/N-ethyl adjacent to an activating group) is 1. The number of amides is 1. The maximum absolute atomic E-state index is 14.0. The van der Waals surface area contributed by atoms with Gasteiger partial charge in [-0.3, -0.25) is 9.52 Å². The number of nitrogens with one attached hydrogen (secondary N) is 1. The van der Waals surface area contributed by atoms with Crippen molar-refractivity contribution in [3.8, 4) is 20.9 Å². The van der Waals surface area contributed by atoms with Crippen molar-refractivity contribution in [3.63, 3.8) is 0 Å². The minimum absolute atomic E-state index is 0.112. The Balaban J connectivity index is 1.40. The number of hydrogen-bond donors (Lipinski definition) is 1. The summed E-state index contributed by atoms with van der Waals surface area (Å²) in [7, 11) is -2.43. The summed E-state index contributed by atoms with van der Waals surface area (Å²) in [4.78, 5) is 15.0. The third-order valence-electron chi connectivity index (χ3n) is 5.85. The minimum Gasteiger partial charge on any atom is -0.341 e. The highest BCUT2D eigenvalue weighted by Gasteiger charge is 2.21. The molecule has 178 valence electrons. The molecule has 0 atom stereocenters. The molecular formula is C26H20F2N2O3S2. The molecule has 0 saturated carbocycles. The van der Waals surface area contributed by atoms with Gasteiger partial charge in [0.2, 0.25) is 5.91 Å². The fourth-order valence-corrected chi connectivity index (χ4v) is 6.14. The van der Waals surface area contributed by atoms with Crippen LogP contribution in [0.1, 0.15) is 11.1 Å². The Kier molecular flexibility index (Phi) is 5.90. The fraction of sp³-hybridized carbons (Fsp3) is 0.115. The summed E-state index contributed by atoms with van der Waals surface area (Å²) in [6.45, 7) is 0.580. The van der Waals surface area contributed by atoms with E-state index in [-0.39, 0.29) is 11.6 Å². The molecule has 0 radical (unpaired) electrons. The average Bonchev–Trinajstić information content (AvgIpc) is 3.30. The smallest absolute Gasteiger partial charge is 0.264 e. The predicted octanol–water partition coefficient (Wildman–Crippen LogP) is 5.68. The number of benzene rings is 3. The molecule has 0 unspecified atom stereocenters. The normalized spacial score (nSPS) is 13.6. The summed E-state index contributed by atoms with van der Waals surface area (Å²) in [5, 5.41) is 0. The van der Waals surface area contributed by atoms with Gasteiger partial charge in [-0.2, -0.15) is 0 Å². The van der Waals surface area contributed by atoms with Gasteiger partial charge in [0, 0.05) is 35.1 Å². The van der Waals surface area contributed by atoms with Crippen molar-refractivity contribution in [3.05, 3.63) is 95.6 Å². The molecule has 9 heteroatoms. The van der Waals surface area contributed by atoms with Crippen molar-refractivity contribution in [2.24, 2.45) is 0 Å². The van der Waals surface area contributed by atoms with Crippen LogP contribution in [0.25, 0.3) is 20.9 Å². The van der Waals surface area contributed by atoms with Crippen LogP contribution in [0.5, 0.6) is 0 Å². The van der Waals surface area contributed by atoms with Gasteiger partial charge in [0.1, 0.15) is 16.5 Å². The number of thiophene rings is 1. The number of fused-ring (bicyclic) bond motifs is 1. The second kappa shape index (κ2) is 8.90. The largest absolute Gasteiger partial charge is 0.341 e. The molecule has 5 rings (SSSR count). The van der Waals surface area contributed by atoms with Crippen LogP contribution in [0.4, 0.5) is 14.5 Å². The number of anilines is 1. The maximum atomic E-state index is 14.0. The second-order valence-corrected chi connectivity index (χ2v) is 11.1. The van der Waals surface area contributed by atoms with Crippen molar-refractivity contribution in [2.45, 2.75) is 17.9 Å². The van der Waals surface area contributed by atoms with Crippen LogP contribution in [0.3, 0.4) is 0 Å². The maximum Gasteiger partial charge on any atom is 0.264 e. The molecular weight excluding hydrogens is 490 g/mol. The lowest BCUT2D eigenvalue weighted by Crippen LogP contribution is -2.32. The molecule has 1 amide bonds. The summed E-state index contributed by atoms with van der Waals surface area (Å²) in [5.74, 6) is -1.89. The third kappa shape index (κ3) is 4.69. The summed E-state index contributed by atoms with van der Waals surface area (Å²) in [6, 6.07) is 19.2. The van der Waals surface area contributed by atoms with Gasteiger partial charge in [0.25, 0.3) is 10.0 Å². The Morgan fingerprint density at radius 2 is 1.63 bits per heavy atom. The van der Waals surface area contributed by atoms with Crippen LogP contribution < -0.4 is 4.72 Å². The van der Waals surface area contributed by atoms with Crippen molar-refractivity contribution in [1.29, 1.82) is 0 Å². The van der Waals surface area contributed by atoms with Crippen molar-refractivity contribution >= 4 is 33.0 Å². The monoisotopic (exact) mass is 510 g/mol. The van der Waals surface area contributed by atoms with E-state index in [1.54, 1.807) is 41.5 Å². The van der Waals surface area contributed by atoms with Gasteiger partial charge in [-0.1, -0.05) is 24.3 Å². The van der Waals surface area contributed by atoms with Crippen LogP contribution >= 0.6 is 11.3 Å². The molecule has 4 aromatic rings.